The molecule has 1 N–H and O–H groups in total. The van der Waals surface area contributed by atoms with Crippen molar-refractivity contribution in [3.63, 3.8) is 0 Å². The Morgan fingerprint density at radius 3 is 1.75 bits per heavy atom. The molecular weight excluding hydrogens is 410 g/mol. The molecule has 0 heterocycles. The molecule has 136 valence electrons. The van der Waals surface area contributed by atoms with Gasteiger partial charge in [0.25, 0.3) is 9.70 Å². The lowest BCUT2D eigenvalue weighted by atomic mass is 10.0. The van der Waals surface area contributed by atoms with Crippen LogP contribution in [0.5, 0.6) is 0 Å². The van der Waals surface area contributed by atoms with Gasteiger partial charge in [0.05, 0.1) is 11.1 Å². The average molecular weight is 419 g/mol. The van der Waals surface area contributed by atoms with Gasteiger partial charge in [-0.2, -0.15) is 26.3 Å². The Morgan fingerprint density at radius 2 is 1.42 bits per heavy atom. The van der Waals surface area contributed by atoms with E-state index >= 15 is 0 Å². The van der Waals surface area contributed by atoms with Crippen LogP contribution >= 0.6 is 34.8 Å². The Hall–Kier alpha value is -0.900. The molecule has 0 radical (unpaired) electrons. The van der Waals surface area contributed by atoms with E-state index in [2.05, 4.69) is 4.84 Å². The summed E-state index contributed by atoms with van der Waals surface area (Å²) >= 11 is 15.7. The Labute approximate surface area is 146 Å². The Bertz CT molecular complexity index is 580. The molecule has 0 aliphatic heterocycles. The molecule has 0 saturated carbocycles. The van der Waals surface area contributed by atoms with Crippen molar-refractivity contribution in [1.82, 2.24) is 5.48 Å². The molecule has 24 heavy (non-hydrogen) atoms. The molecule has 1 atom stereocenters. The van der Waals surface area contributed by atoms with Gasteiger partial charge in [0.2, 0.25) is 0 Å². The van der Waals surface area contributed by atoms with Gasteiger partial charge >= 0.3 is 12.4 Å². The van der Waals surface area contributed by atoms with Gasteiger partial charge in [-0.25, -0.2) is 5.48 Å². The van der Waals surface area contributed by atoms with Crippen LogP contribution in [0.4, 0.5) is 26.3 Å². The molecule has 1 aromatic rings. The molecule has 1 aromatic carbocycles. The van der Waals surface area contributed by atoms with Crippen LogP contribution in [-0.4, -0.2) is 9.70 Å². The third-order valence-electron chi connectivity index (χ3n) is 2.67. The van der Waals surface area contributed by atoms with Crippen molar-refractivity contribution >= 4 is 40.7 Å². The number of hydrogen-bond donors (Lipinski definition) is 1. The number of rotatable bonds is 3. The van der Waals surface area contributed by atoms with Crippen LogP contribution in [0.2, 0.25) is 0 Å². The highest BCUT2D eigenvalue weighted by molar-refractivity contribution is 6.76. The van der Waals surface area contributed by atoms with Crippen molar-refractivity contribution in [3.05, 3.63) is 34.9 Å². The van der Waals surface area contributed by atoms with E-state index in [1.54, 1.807) is 5.48 Å². The standard InChI is InChI=1S/C12H8Cl3F6NO2/c1-5(24-22-9(23)10(13,14)15)6-2-7(11(16,17)18)4-8(3-6)12(19,20)21/h2-5H,1H3,(H,22,23)/t5-/m1/s1. The van der Waals surface area contributed by atoms with Crippen molar-refractivity contribution in [1.29, 1.82) is 0 Å². The van der Waals surface area contributed by atoms with Crippen LogP contribution in [-0.2, 0) is 22.0 Å². The molecule has 0 aromatic heterocycles. The van der Waals surface area contributed by atoms with Gasteiger partial charge < -0.3 is 0 Å². The molecule has 0 aliphatic carbocycles. The van der Waals surface area contributed by atoms with E-state index in [0.29, 0.717) is 12.1 Å². The van der Waals surface area contributed by atoms with Gasteiger partial charge in [-0.05, 0) is 30.7 Å². The first-order valence-electron chi connectivity index (χ1n) is 5.94. The average Bonchev–Trinajstić information content (AvgIpc) is 2.40. The maximum Gasteiger partial charge on any atom is 0.416 e. The molecule has 0 fully saturated rings. The van der Waals surface area contributed by atoms with Crippen LogP contribution < -0.4 is 5.48 Å². The number of carbonyl (C=O) groups excluding carboxylic acids is 1. The number of hydrogen-bond acceptors (Lipinski definition) is 2. The van der Waals surface area contributed by atoms with Crippen LogP contribution in [0, 0.1) is 0 Å². The lowest BCUT2D eigenvalue weighted by Gasteiger charge is -2.19. The van der Waals surface area contributed by atoms with E-state index in [-0.39, 0.29) is 6.07 Å². The summed E-state index contributed by atoms with van der Waals surface area (Å²) in [5.41, 5.74) is -1.88. The van der Waals surface area contributed by atoms with E-state index in [1.807, 2.05) is 0 Å². The van der Waals surface area contributed by atoms with E-state index < -0.39 is 44.8 Å². The third-order valence-corrected chi connectivity index (χ3v) is 3.18. The van der Waals surface area contributed by atoms with Crippen LogP contribution in [0.25, 0.3) is 0 Å². The number of alkyl halides is 9. The molecule has 0 saturated heterocycles. The Balaban J connectivity index is 3.11. The highest BCUT2D eigenvalue weighted by Crippen LogP contribution is 2.37. The predicted octanol–water partition coefficient (Wildman–Crippen LogP) is 5.20. The quantitative estimate of drug-likeness (QED) is 0.416. The minimum Gasteiger partial charge on any atom is -0.268 e. The fourth-order valence-corrected chi connectivity index (χ4v) is 1.60. The van der Waals surface area contributed by atoms with E-state index in [1.165, 1.54) is 0 Å². The molecule has 1 rings (SSSR count). The fraction of sp³-hybridized carbons (Fsp3) is 0.417. The van der Waals surface area contributed by atoms with Crippen molar-refractivity contribution in [2.45, 2.75) is 29.2 Å². The maximum absolute atomic E-state index is 12.7. The minimum absolute atomic E-state index is 0.0316. The number of benzene rings is 1. The third kappa shape index (κ3) is 5.87. The molecule has 1 amide bonds. The molecule has 0 aliphatic rings. The first kappa shape index (κ1) is 21.1. The van der Waals surface area contributed by atoms with E-state index in [9.17, 15) is 31.1 Å². The summed E-state index contributed by atoms with van der Waals surface area (Å²) in [5.74, 6) is -1.26. The minimum atomic E-state index is -5.00. The van der Waals surface area contributed by atoms with E-state index in [4.69, 9.17) is 34.8 Å². The number of hydroxylamine groups is 1. The summed E-state index contributed by atoms with van der Waals surface area (Å²) in [5, 5.41) is 0. The van der Waals surface area contributed by atoms with Gasteiger partial charge in [0, 0.05) is 0 Å². The molecule has 0 unspecified atom stereocenters. The van der Waals surface area contributed by atoms with Crippen LogP contribution in [0.3, 0.4) is 0 Å². The maximum atomic E-state index is 12.7. The summed E-state index contributed by atoms with van der Waals surface area (Å²) < 4.78 is 74.0. The SMILES string of the molecule is C[C@@H](ONC(=O)C(Cl)(Cl)Cl)c1cc(C(F)(F)F)cc(C(F)(F)F)c1. The van der Waals surface area contributed by atoms with Crippen LogP contribution in [0.1, 0.15) is 29.7 Å². The van der Waals surface area contributed by atoms with Crippen molar-refractivity contribution in [2.75, 3.05) is 0 Å². The lowest BCUT2D eigenvalue weighted by molar-refractivity contribution is -0.144. The Morgan fingerprint density at radius 1 is 1.00 bits per heavy atom. The van der Waals surface area contributed by atoms with Crippen molar-refractivity contribution < 1.29 is 36.0 Å². The molecule has 3 nitrogen and oxygen atoms in total. The van der Waals surface area contributed by atoms with E-state index in [0.717, 1.165) is 6.92 Å². The summed E-state index contributed by atoms with van der Waals surface area (Å²) in [6.45, 7) is 1.11. The lowest BCUT2D eigenvalue weighted by Crippen LogP contribution is -2.35. The predicted molar refractivity (Wildman–Crippen MR) is 74.4 cm³/mol. The monoisotopic (exact) mass is 417 g/mol. The smallest absolute Gasteiger partial charge is 0.268 e. The van der Waals surface area contributed by atoms with Gasteiger partial charge in [-0.3, -0.25) is 9.63 Å². The van der Waals surface area contributed by atoms with Crippen molar-refractivity contribution in [2.24, 2.45) is 0 Å². The summed E-state index contributed by atoms with van der Waals surface area (Å²) in [6.07, 6.45) is -11.4. The second-order valence-electron chi connectivity index (χ2n) is 4.53. The van der Waals surface area contributed by atoms with Gasteiger partial charge in [0.1, 0.15) is 6.10 Å². The molecule has 0 bridgehead atoms. The molecular formula is C12H8Cl3F6NO2. The summed E-state index contributed by atoms with van der Waals surface area (Å²) in [4.78, 5) is 15.9. The highest BCUT2D eigenvalue weighted by atomic mass is 35.6. The fourth-order valence-electron chi connectivity index (χ4n) is 1.48. The number of amides is 1. The first-order chi connectivity index (χ1) is 10.6. The topological polar surface area (TPSA) is 38.3 Å². The van der Waals surface area contributed by atoms with Gasteiger partial charge in [-0.15, -0.1) is 0 Å². The van der Waals surface area contributed by atoms with Gasteiger partial charge in [-0.1, -0.05) is 34.8 Å². The zero-order valence-electron chi connectivity index (χ0n) is 11.5. The highest BCUT2D eigenvalue weighted by Gasteiger charge is 2.37. The van der Waals surface area contributed by atoms with Crippen LogP contribution in [0.15, 0.2) is 18.2 Å². The summed E-state index contributed by atoms with van der Waals surface area (Å²) in [6, 6.07) is 0.888. The number of carbonyl (C=O) groups is 1. The zero-order valence-corrected chi connectivity index (χ0v) is 13.8. The second kappa shape index (κ2) is 7.15. The molecule has 12 heteroatoms. The normalized spacial score (nSPS) is 14.4. The zero-order chi connectivity index (χ0) is 18.9. The van der Waals surface area contributed by atoms with Crippen molar-refractivity contribution in [3.8, 4) is 0 Å². The first-order valence-corrected chi connectivity index (χ1v) is 7.08. The summed E-state index contributed by atoms with van der Waals surface area (Å²) in [7, 11) is 0. The largest absolute Gasteiger partial charge is 0.416 e. The molecule has 0 spiro atoms. The van der Waals surface area contributed by atoms with Gasteiger partial charge in [0.15, 0.2) is 0 Å². The number of halogens is 9. The second-order valence-corrected chi connectivity index (χ2v) is 6.81. The Kier molecular flexibility index (Phi) is 6.30. The number of nitrogens with one attached hydrogen (secondary N) is 1.